The minimum absolute atomic E-state index is 0.0714. The molecule has 40 heavy (non-hydrogen) atoms. The number of hydrogen-bond acceptors (Lipinski definition) is 5. The lowest BCUT2D eigenvalue weighted by Gasteiger charge is -2.41. The summed E-state index contributed by atoms with van der Waals surface area (Å²) in [6.07, 6.45) is -1.24. The summed E-state index contributed by atoms with van der Waals surface area (Å²) in [6.45, 7) is 18.5. The zero-order chi connectivity index (χ0) is 30.5. The van der Waals surface area contributed by atoms with E-state index in [9.17, 15) is 14.0 Å². The first-order valence-electron chi connectivity index (χ1n) is 13.5. The van der Waals surface area contributed by atoms with Gasteiger partial charge in [0.15, 0.2) is 8.32 Å². The Morgan fingerprint density at radius 3 is 2.27 bits per heavy atom. The van der Waals surface area contributed by atoms with Crippen LogP contribution in [0.2, 0.25) is 23.2 Å². The summed E-state index contributed by atoms with van der Waals surface area (Å²) < 4.78 is 27.3. The van der Waals surface area contributed by atoms with Crippen molar-refractivity contribution in [2.45, 2.75) is 90.8 Å². The van der Waals surface area contributed by atoms with Crippen LogP contribution >= 0.6 is 11.6 Å². The molecule has 0 fully saturated rings. The second-order valence-corrected chi connectivity index (χ2v) is 17.9. The highest BCUT2D eigenvalue weighted by atomic mass is 35.5. The summed E-state index contributed by atoms with van der Waals surface area (Å²) in [4.78, 5) is 26.1. The van der Waals surface area contributed by atoms with E-state index in [0.717, 1.165) is 5.56 Å². The van der Waals surface area contributed by atoms with Crippen molar-refractivity contribution in [2.75, 3.05) is 18.4 Å². The molecule has 0 radical (unpaired) electrons. The number of anilines is 1. The molecule has 0 bridgehead atoms. The van der Waals surface area contributed by atoms with E-state index in [1.165, 1.54) is 12.1 Å². The molecule has 2 N–H and O–H groups in total. The Bertz CT molecular complexity index is 1180. The van der Waals surface area contributed by atoms with Crippen LogP contribution in [0.3, 0.4) is 0 Å². The third-order valence-corrected chi connectivity index (χ3v) is 11.7. The summed E-state index contributed by atoms with van der Waals surface area (Å²) in [6, 6.07) is 11.3. The number of carboxylic acids is 1. The number of carbonyl (C=O) groups excluding carboxylic acids is 1. The highest BCUT2D eigenvalue weighted by Gasteiger charge is 2.41. The van der Waals surface area contributed by atoms with Crippen LogP contribution < -0.4 is 5.32 Å². The van der Waals surface area contributed by atoms with Gasteiger partial charge in [-0.3, -0.25) is 4.79 Å². The Balaban J connectivity index is 2.38. The van der Waals surface area contributed by atoms with Gasteiger partial charge < -0.3 is 24.5 Å². The van der Waals surface area contributed by atoms with Crippen LogP contribution in [0.5, 0.6) is 0 Å². The fraction of sp³-hybridized carbons (Fsp3) is 0.533. The van der Waals surface area contributed by atoms with E-state index in [4.69, 9.17) is 25.9 Å². The first kappa shape index (κ1) is 33.6. The van der Waals surface area contributed by atoms with Gasteiger partial charge in [0.2, 0.25) is 0 Å². The first-order valence-corrected chi connectivity index (χ1v) is 16.7. The normalized spacial score (nSPS) is 13.9. The van der Waals surface area contributed by atoms with Crippen LogP contribution in [-0.4, -0.2) is 55.1 Å². The summed E-state index contributed by atoms with van der Waals surface area (Å²) in [7, 11) is -2.28. The predicted octanol–water partition coefficient (Wildman–Crippen LogP) is 7.91. The lowest BCUT2D eigenvalue weighted by molar-refractivity contribution is -0.136. The number of rotatable bonds is 11. The molecule has 0 aliphatic heterocycles. The van der Waals surface area contributed by atoms with E-state index in [0.29, 0.717) is 10.6 Å². The largest absolute Gasteiger partial charge is 0.481 e. The number of halogens is 2. The molecule has 2 aromatic carbocycles. The molecule has 10 heteroatoms. The minimum Gasteiger partial charge on any atom is -0.481 e. The monoisotopic (exact) mass is 594 g/mol. The Morgan fingerprint density at radius 2 is 1.75 bits per heavy atom. The van der Waals surface area contributed by atoms with Gasteiger partial charge in [0, 0.05) is 17.6 Å². The lowest BCUT2D eigenvalue weighted by Crippen LogP contribution is -2.49. The Hall–Kier alpha value is -2.62. The topological polar surface area (TPSA) is 88.1 Å². The fourth-order valence-corrected chi connectivity index (χ4v) is 5.21. The number of nitrogens with one attached hydrogen (secondary N) is 1. The van der Waals surface area contributed by atoms with Gasteiger partial charge in [-0.25, -0.2) is 9.18 Å². The van der Waals surface area contributed by atoms with Crippen LogP contribution in [0.4, 0.5) is 14.9 Å². The summed E-state index contributed by atoms with van der Waals surface area (Å²) in [5.74, 6) is -1.59. The van der Waals surface area contributed by atoms with Gasteiger partial charge in [-0.1, -0.05) is 50.6 Å². The molecule has 2 atom stereocenters. The molecule has 0 heterocycles. The van der Waals surface area contributed by atoms with Crippen molar-refractivity contribution in [3.8, 4) is 0 Å². The maximum absolute atomic E-state index is 14.7. The molecule has 0 saturated carbocycles. The minimum atomic E-state index is -2.28. The number of amides is 1. The van der Waals surface area contributed by atoms with Gasteiger partial charge >= 0.3 is 12.1 Å². The molecular formula is C30H44ClFN2O5Si. The van der Waals surface area contributed by atoms with Crippen molar-refractivity contribution in [1.29, 1.82) is 0 Å². The van der Waals surface area contributed by atoms with Gasteiger partial charge in [0.25, 0.3) is 0 Å². The van der Waals surface area contributed by atoms with E-state index in [2.05, 4.69) is 39.2 Å². The molecule has 7 nitrogen and oxygen atoms in total. The summed E-state index contributed by atoms with van der Waals surface area (Å²) >= 11 is 6.34. The van der Waals surface area contributed by atoms with Crippen LogP contribution in [0.25, 0.3) is 0 Å². The van der Waals surface area contributed by atoms with Gasteiger partial charge in [0.1, 0.15) is 11.4 Å². The van der Waals surface area contributed by atoms with Crippen molar-refractivity contribution >= 4 is 37.7 Å². The van der Waals surface area contributed by atoms with E-state index in [-0.39, 0.29) is 30.2 Å². The molecule has 0 saturated heterocycles. The molecule has 1 amide bonds. The highest BCUT2D eigenvalue weighted by molar-refractivity contribution is 6.74. The molecule has 2 aromatic rings. The zero-order valence-electron chi connectivity index (χ0n) is 25.1. The number of ether oxygens (including phenoxy) is 1. The molecule has 0 aliphatic carbocycles. The summed E-state index contributed by atoms with van der Waals surface area (Å²) in [5, 5.41) is 12.5. The lowest BCUT2D eigenvalue weighted by atomic mass is 10.1. The van der Waals surface area contributed by atoms with Gasteiger partial charge in [-0.15, -0.1) is 0 Å². The van der Waals surface area contributed by atoms with Crippen LogP contribution in [0.1, 0.15) is 65.7 Å². The molecule has 0 aromatic heterocycles. The number of aliphatic carboxylic acids is 1. The predicted molar refractivity (Wildman–Crippen MR) is 161 cm³/mol. The number of hydrogen-bond donors (Lipinski definition) is 2. The number of carboxylic acid groups (broad SMARTS) is 1. The van der Waals surface area contributed by atoms with E-state index >= 15 is 0 Å². The van der Waals surface area contributed by atoms with Crippen LogP contribution in [0, 0.1) is 5.82 Å². The third kappa shape index (κ3) is 10.1. The molecule has 2 rings (SSSR count). The number of benzene rings is 2. The third-order valence-electron chi connectivity index (χ3n) is 6.96. The Labute approximate surface area is 244 Å². The average Bonchev–Trinajstić information content (AvgIpc) is 2.78. The van der Waals surface area contributed by atoms with Crippen molar-refractivity contribution in [2.24, 2.45) is 0 Å². The van der Waals surface area contributed by atoms with Crippen molar-refractivity contribution in [1.82, 2.24) is 4.90 Å². The second-order valence-electron chi connectivity index (χ2n) is 12.7. The van der Waals surface area contributed by atoms with Gasteiger partial charge in [-0.05, 0) is 81.2 Å². The first-order chi connectivity index (χ1) is 18.3. The Morgan fingerprint density at radius 1 is 1.10 bits per heavy atom. The van der Waals surface area contributed by atoms with Gasteiger partial charge in [-0.2, -0.15) is 0 Å². The fourth-order valence-electron chi connectivity index (χ4n) is 3.74. The molecular weight excluding hydrogens is 551 g/mol. The Kier molecular flexibility index (Phi) is 11.2. The SMILES string of the molecule is CC(CNc1ccc(CC(=O)O)cc1F)N(CC(O[Si](C)(C)C(C)(C)C)c1cccc(Cl)c1)C(=O)OC(C)(C)C. The van der Waals surface area contributed by atoms with E-state index < -0.39 is 43.9 Å². The smallest absolute Gasteiger partial charge is 0.410 e. The average molecular weight is 595 g/mol. The van der Waals surface area contributed by atoms with Crippen molar-refractivity contribution in [3.63, 3.8) is 0 Å². The standard InChI is InChI=1S/C30H44ClFN2O5Si/c1-20(18-33-25-14-13-21(15-24(25)32)16-27(35)36)34(28(37)38-29(2,3)4)19-26(22-11-10-12-23(31)17-22)39-40(8,9)30(5,6)7/h10-15,17,20,26,33H,16,18-19H2,1-9H3,(H,35,36). The number of carbonyl (C=O) groups is 2. The van der Waals surface area contributed by atoms with Crippen molar-refractivity contribution in [3.05, 3.63) is 64.4 Å². The van der Waals surface area contributed by atoms with Crippen LogP contribution in [0.15, 0.2) is 42.5 Å². The highest BCUT2D eigenvalue weighted by Crippen LogP contribution is 2.40. The van der Waals surface area contributed by atoms with Crippen LogP contribution in [-0.2, 0) is 20.4 Å². The quantitative estimate of drug-likeness (QED) is 0.257. The second kappa shape index (κ2) is 13.4. The summed E-state index contributed by atoms with van der Waals surface area (Å²) in [5.41, 5.74) is 0.715. The zero-order valence-corrected chi connectivity index (χ0v) is 26.9. The number of nitrogens with zero attached hydrogens (tertiary/aromatic N) is 1. The maximum atomic E-state index is 14.7. The van der Waals surface area contributed by atoms with E-state index in [1.807, 2.05) is 25.1 Å². The van der Waals surface area contributed by atoms with Gasteiger partial charge in [0.05, 0.1) is 24.8 Å². The molecule has 0 spiro atoms. The molecule has 222 valence electrons. The maximum Gasteiger partial charge on any atom is 0.410 e. The van der Waals surface area contributed by atoms with Crippen molar-refractivity contribution < 1.29 is 28.2 Å². The van der Waals surface area contributed by atoms with E-state index in [1.54, 1.807) is 37.8 Å². The molecule has 0 aliphatic rings. The molecule has 2 unspecified atom stereocenters.